The Morgan fingerprint density at radius 1 is 1.30 bits per heavy atom. The first kappa shape index (κ1) is 17.4. The highest BCUT2D eigenvalue weighted by Gasteiger charge is 2.39. The Labute approximate surface area is 139 Å². The van der Waals surface area contributed by atoms with E-state index in [9.17, 15) is 14.3 Å². The molecule has 2 atom stereocenters. The average molecular weight is 337 g/mol. The number of carbonyl (C=O) groups excluding carboxylic acids is 1. The zero-order chi connectivity index (χ0) is 17.0. The summed E-state index contributed by atoms with van der Waals surface area (Å²) in [6.45, 7) is 3.04. The van der Waals surface area contributed by atoms with E-state index in [1.807, 2.05) is 30.3 Å². The van der Waals surface area contributed by atoms with Crippen LogP contribution >= 0.6 is 11.6 Å². The van der Waals surface area contributed by atoms with Gasteiger partial charge in [0.25, 0.3) is 0 Å². The SMILES string of the molecule is CC(c1ccccc1)C(C)(O)C(=O)OCc1ccc(F)cc1Cl. The Balaban J connectivity index is 2.06. The summed E-state index contributed by atoms with van der Waals surface area (Å²) in [5.74, 6) is -1.66. The van der Waals surface area contributed by atoms with Crippen molar-refractivity contribution in [3.8, 4) is 0 Å². The highest BCUT2D eigenvalue weighted by molar-refractivity contribution is 6.31. The molecule has 0 radical (unpaired) electrons. The first-order valence-electron chi connectivity index (χ1n) is 7.21. The van der Waals surface area contributed by atoms with E-state index in [2.05, 4.69) is 0 Å². The number of hydrogen-bond donors (Lipinski definition) is 1. The molecule has 0 aliphatic rings. The summed E-state index contributed by atoms with van der Waals surface area (Å²) in [6.07, 6.45) is 0. The van der Waals surface area contributed by atoms with Crippen LogP contribution in [0.2, 0.25) is 5.02 Å². The normalized spacial score (nSPS) is 14.8. The zero-order valence-corrected chi connectivity index (χ0v) is 13.7. The van der Waals surface area contributed by atoms with Crippen LogP contribution < -0.4 is 0 Å². The molecule has 2 aromatic rings. The van der Waals surface area contributed by atoms with Crippen LogP contribution in [0, 0.1) is 5.82 Å². The van der Waals surface area contributed by atoms with E-state index in [4.69, 9.17) is 16.3 Å². The van der Waals surface area contributed by atoms with E-state index in [1.54, 1.807) is 6.92 Å². The maximum absolute atomic E-state index is 13.0. The third-order valence-corrected chi connectivity index (χ3v) is 4.28. The minimum absolute atomic E-state index is 0.129. The molecule has 0 aromatic heterocycles. The van der Waals surface area contributed by atoms with Crippen LogP contribution in [0.3, 0.4) is 0 Å². The van der Waals surface area contributed by atoms with Gasteiger partial charge in [-0.3, -0.25) is 0 Å². The molecule has 0 saturated carbocycles. The molecule has 0 bridgehead atoms. The fourth-order valence-electron chi connectivity index (χ4n) is 2.17. The highest BCUT2D eigenvalue weighted by Crippen LogP contribution is 2.29. The standard InChI is InChI=1S/C18H18ClFO3/c1-12(13-6-4-3-5-7-13)18(2,22)17(21)23-11-14-8-9-15(20)10-16(14)19/h3-10,12,22H,11H2,1-2H3. The second-order valence-electron chi connectivity index (χ2n) is 5.59. The number of carbonyl (C=O) groups is 1. The second kappa shape index (κ2) is 7.11. The lowest BCUT2D eigenvalue weighted by Crippen LogP contribution is -2.41. The molecular weight excluding hydrogens is 319 g/mol. The number of aliphatic hydroxyl groups is 1. The van der Waals surface area contributed by atoms with Crippen molar-refractivity contribution in [3.05, 3.63) is 70.5 Å². The van der Waals surface area contributed by atoms with Crippen molar-refractivity contribution in [2.24, 2.45) is 0 Å². The number of ether oxygens (including phenoxy) is 1. The third kappa shape index (κ3) is 4.09. The first-order chi connectivity index (χ1) is 10.8. The quantitative estimate of drug-likeness (QED) is 0.837. The Hall–Kier alpha value is -1.91. The minimum atomic E-state index is -1.69. The summed E-state index contributed by atoms with van der Waals surface area (Å²) >= 11 is 5.89. The van der Waals surface area contributed by atoms with Crippen LogP contribution in [-0.4, -0.2) is 16.7 Å². The zero-order valence-electron chi connectivity index (χ0n) is 12.9. The van der Waals surface area contributed by atoms with Crippen molar-refractivity contribution >= 4 is 17.6 Å². The smallest absolute Gasteiger partial charge is 0.338 e. The maximum atomic E-state index is 13.0. The number of halogens is 2. The van der Waals surface area contributed by atoms with Gasteiger partial charge in [0.05, 0.1) is 5.02 Å². The molecule has 2 rings (SSSR count). The maximum Gasteiger partial charge on any atom is 0.338 e. The van der Waals surface area contributed by atoms with E-state index in [1.165, 1.54) is 19.1 Å². The van der Waals surface area contributed by atoms with Crippen molar-refractivity contribution in [3.63, 3.8) is 0 Å². The van der Waals surface area contributed by atoms with E-state index >= 15 is 0 Å². The highest BCUT2D eigenvalue weighted by atomic mass is 35.5. The third-order valence-electron chi connectivity index (χ3n) is 3.93. The molecule has 0 spiro atoms. The molecule has 3 nitrogen and oxygen atoms in total. The van der Waals surface area contributed by atoms with Crippen LogP contribution in [0.5, 0.6) is 0 Å². The van der Waals surface area contributed by atoms with Gasteiger partial charge in [0, 0.05) is 11.5 Å². The Kier molecular flexibility index (Phi) is 5.39. The fourth-order valence-corrected chi connectivity index (χ4v) is 2.39. The lowest BCUT2D eigenvalue weighted by Gasteiger charge is -2.28. The van der Waals surface area contributed by atoms with Gasteiger partial charge >= 0.3 is 5.97 Å². The molecule has 23 heavy (non-hydrogen) atoms. The van der Waals surface area contributed by atoms with Crippen LogP contribution in [0.4, 0.5) is 4.39 Å². The summed E-state index contributed by atoms with van der Waals surface area (Å²) in [5, 5.41) is 10.7. The van der Waals surface area contributed by atoms with Crippen LogP contribution in [0.15, 0.2) is 48.5 Å². The summed E-state index contributed by atoms with van der Waals surface area (Å²) in [6, 6.07) is 13.0. The predicted molar refractivity (Wildman–Crippen MR) is 86.7 cm³/mol. The molecule has 5 heteroatoms. The number of rotatable bonds is 5. The van der Waals surface area contributed by atoms with Crippen LogP contribution in [0.25, 0.3) is 0 Å². The number of benzene rings is 2. The van der Waals surface area contributed by atoms with Crippen LogP contribution in [0.1, 0.15) is 30.9 Å². The second-order valence-corrected chi connectivity index (χ2v) is 6.00. The van der Waals surface area contributed by atoms with E-state index in [0.717, 1.165) is 11.6 Å². The van der Waals surface area contributed by atoms with Gasteiger partial charge in [-0.15, -0.1) is 0 Å². The van der Waals surface area contributed by atoms with Crippen LogP contribution in [-0.2, 0) is 16.1 Å². The molecule has 2 unspecified atom stereocenters. The molecule has 0 aliphatic heterocycles. The molecule has 0 saturated heterocycles. The minimum Gasteiger partial charge on any atom is -0.459 e. The van der Waals surface area contributed by atoms with E-state index in [-0.39, 0.29) is 11.6 Å². The van der Waals surface area contributed by atoms with Crippen molar-refractivity contribution < 1.29 is 19.0 Å². The van der Waals surface area contributed by atoms with Gasteiger partial charge in [0.15, 0.2) is 5.60 Å². The van der Waals surface area contributed by atoms with Gasteiger partial charge < -0.3 is 9.84 Å². The van der Waals surface area contributed by atoms with Crippen molar-refractivity contribution in [1.82, 2.24) is 0 Å². The monoisotopic (exact) mass is 336 g/mol. The topological polar surface area (TPSA) is 46.5 Å². The van der Waals surface area contributed by atoms with E-state index in [0.29, 0.717) is 5.56 Å². The van der Waals surface area contributed by atoms with Gasteiger partial charge in [0.1, 0.15) is 12.4 Å². The fraction of sp³-hybridized carbons (Fsp3) is 0.278. The Bertz CT molecular complexity index is 686. The van der Waals surface area contributed by atoms with Gasteiger partial charge in [-0.2, -0.15) is 0 Å². The molecule has 0 fully saturated rings. The van der Waals surface area contributed by atoms with E-state index < -0.39 is 23.3 Å². The largest absolute Gasteiger partial charge is 0.459 e. The summed E-state index contributed by atoms with van der Waals surface area (Å²) < 4.78 is 18.2. The average Bonchev–Trinajstić information content (AvgIpc) is 2.53. The lowest BCUT2D eigenvalue weighted by molar-refractivity contribution is -0.167. The van der Waals surface area contributed by atoms with Crippen molar-refractivity contribution in [2.45, 2.75) is 32.0 Å². The predicted octanol–water partition coefficient (Wildman–Crippen LogP) is 4.08. The molecule has 0 heterocycles. The molecule has 2 aromatic carbocycles. The van der Waals surface area contributed by atoms with Gasteiger partial charge in [0.2, 0.25) is 0 Å². The Morgan fingerprint density at radius 3 is 2.57 bits per heavy atom. The summed E-state index contributed by atoms with van der Waals surface area (Å²) in [4.78, 5) is 12.2. The van der Waals surface area contributed by atoms with Crippen molar-refractivity contribution in [2.75, 3.05) is 0 Å². The summed E-state index contributed by atoms with van der Waals surface area (Å²) in [7, 11) is 0. The lowest BCUT2D eigenvalue weighted by atomic mass is 9.85. The van der Waals surface area contributed by atoms with Crippen molar-refractivity contribution in [1.29, 1.82) is 0 Å². The Morgan fingerprint density at radius 2 is 1.96 bits per heavy atom. The summed E-state index contributed by atoms with van der Waals surface area (Å²) in [5.41, 5.74) is -0.382. The molecule has 0 aliphatic carbocycles. The molecule has 122 valence electrons. The van der Waals surface area contributed by atoms with Gasteiger partial charge in [-0.05, 0) is 24.6 Å². The van der Waals surface area contributed by atoms with Gasteiger partial charge in [-0.25, -0.2) is 9.18 Å². The molecule has 0 amide bonds. The molecule has 1 N–H and O–H groups in total. The first-order valence-corrected chi connectivity index (χ1v) is 7.58. The molecular formula is C18H18ClFO3. The van der Waals surface area contributed by atoms with Gasteiger partial charge in [-0.1, -0.05) is 54.9 Å². The number of esters is 1. The number of hydrogen-bond acceptors (Lipinski definition) is 3.